The first kappa shape index (κ1) is 11.6. The van der Waals surface area contributed by atoms with Crippen molar-refractivity contribution in [3.63, 3.8) is 0 Å². The summed E-state index contributed by atoms with van der Waals surface area (Å²) in [6, 6.07) is 12.6. The Morgan fingerprint density at radius 1 is 1.12 bits per heavy atom. The number of benzene rings is 1. The Balaban J connectivity index is 2.08. The van der Waals surface area contributed by atoms with Gasteiger partial charge >= 0.3 is 0 Å². The van der Waals surface area contributed by atoms with Gasteiger partial charge < -0.3 is 5.32 Å². The van der Waals surface area contributed by atoms with Crippen LogP contribution in [0.1, 0.15) is 10.4 Å². The summed E-state index contributed by atoms with van der Waals surface area (Å²) in [6.07, 6.45) is 1.92. The molecule has 1 N–H and O–H groups in total. The lowest BCUT2D eigenvalue weighted by Gasteiger charge is -2.03. The SMILES string of the molecule is CSc1ccc(NC(=O)c2ccccc2)nn1. The fraction of sp³-hybridized carbons (Fsp3) is 0.0833. The minimum Gasteiger partial charge on any atom is -0.305 e. The second kappa shape index (κ2) is 5.45. The smallest absolute Gasteiger partial charge is 0.256 e. The maximum atomic E-state index is 11.8. The van der Waals surface area contributed by atoms with Crippen molar-refractivity contribution in [2.45, 2.75) is 5.03 Å². The molecule has 0 saturated carbocycles. The molecule has 1 aromatic carbocycles. The van der Waals surface area contributed by atoms with Gasteiger partial charge in [0.2, 0.25) is 0 Å². The van der Waals surface area contributed by atoms with Crippen LogP contribution in [0.25, 0.3) is 0 Å². The second-order valence-electron chi connectivity index (χ2n) is 3.28. The molecule has 0 aliphatic heterocycles. The van der Waals surface area contributed by atoms with Gasteiger partial charge in [0, 0.05) is 5.56 Å². The highest BCUT2D eigenvalue weighted by atomic mass is 32.2. The summed E-state index contributed by atoms with van der Waals surface area (Å²) in [5.41, 5.74) is 0.600. The van der Waals surface area contributed by atoms with Crippen LogP contribution in [-0.2, 0) is 0 Å². The average molecular weight is 245 g/mol. The summed E-state index contributed by atoms with van der Waals surface area (Å²) < 4.78 is 0. The Hall–Kier alpha value is -1.88. The monoisotopic (exact) mass is 245 g/mol. The van der Waals surface area contributed by atoms with Crippen molar-refractivity contribution in [3.8, 4) is 0 Å². The van der Waals surface area contributed by atoms with Crippen LogP contribution in [0.3, 0.4) is 0 Å². The molecule has 0 unspecified atom stereocenters. The van der Waals surface area contributed by atoms with Crippen molar-refractivity contribution in [1.29, 1.82) is 0 Å². The molecule has 1 heterocycles. The van der Waals surface area contributed by atoms with Crippen LogP contribution in [0.5, 0.6) is 0 Å². The van der Waals surface area contributed by atoms with Crippen LogP contribution in [0, 0.1) is 0 Å². The molecule has 5 heteroatoms. The van der Waals surface area contributed by atoms with E-state index in [0.717, 1.165) is 5.03 Å². The molecule has 0 aliphatic carbocycles. The van der Waals surface area contributed by atoms with E-state index in [1.807, 2.05) is 30.5 Å². The van der Waals surface area contributed by atoms with Crippen molar-refractivity contribution in [1.82, 2.24) is 10.2 Å². The van der Waals surface area contributed by atoms with E-state index in [2.05, 4.69) is 15.5 Å². The van der Waals surface area contributed by atoms with E-state index in [1.54, 1.807) is 18.2 Å². The number of nitrogens with one attached hydrogen (secondary N) is 1. The summed E-state index contributed by atoms with van der Waals surface area (Å²) in [5, 5.41) is 11.4. The van der Waals surface area contributed by atoms with Crippen LogP contribution in [0.15, 0.2) is 47.5 Å². The zero-order chi connectivity index (χ0) is 12.1. The summed E-state index contributed by atoms with van der Waals surface area (Å²) in [6.45, 7) is 0. The van der Waals surface area contributed by atoms with E-state index in [-0.39, 0.29) is 5.91 Å². The van der Waals surface area contributed by atoms with E-state index >= 15 is 0 Å². The van der Waals surface area contributed by atoms with E-state index in [9.17, 15) is 4.79 Å². The number of hydrogen-bond acceptors (Lipinski definition) is 4. The lowest BCUT2D eigenvalue weighted by molar-refractivity contribution is 0.102. The summed E-state index contributed by atoms with van der Waals surface area (Å²) in [4.78, 5) is 11.8. The van der Waals surface area contributed by atoms with Gasteiger partial charge in [0.1, 0.15) is 5.03 Å². The number of amides is 1. The fourth-order valence-electron chi connectivity index (χ4n) is 1.27. The van der Waals surface area contributed by atoms with E-state index in [1.165, 1.54) is 11.8 Å². The lowest BCUT2D eigenvalue weighted by Crippen LogP contribution is -2.13. The third kappa shape index (κ3) is 3.04. The molecule has 0 aliphatic rings. The third-order valence-electron chi connectivity index (χ3n) is 2.13. The molecular weight excluding hydrogens is 234 g/mol. The summed E-state index contributed by atoms with van der Waals surface area (Å²) in [5.74, 6) is 0.272. The van der Waals surface area contributed by atoms with Gasteiger partial charge in [-0.2, -0.15) is 0 Å². The number of carbonyl (C=O) groups is 1. The van der Waals surface area contributed by atoms with Gasteiger partial charge in [-0.05, 0) is 30.5 Å². The summed E-state index contributed by atoms with van der Waals surface area (Å²) in [7, 11) is 0. The third-order valence-corrected chi connectivity index (χ3v) is 2.76. The largest absolute Gasteiger partial charge is 0.305 e. The van der Waals surface area contributed by atoms with Gasteiger partial charge in [0.05, 0.1) is 0 Å². The van der Waals surface area contributed by atoms with Gasteiger partial charge in [0.15, 0.2) is 5.82 Å². The van der Waals surface area contributed by atoms with Crippen LogP contribution >= 0.6 is 11.8 Å². The standard InChI is InChI=1S/C12H11N3OS/c1-17-11-8-7-10(14-15-11)13-12(16)9-5-3-2-4-6-9/h2-8H,1H3,(H,13,14,16). The Morgan fingerprint density at radius 3 is 2.47 bits per heavy atom. The molecule has 2 rings (SSSR count). The van der Waals surface area contributed by atoms with Crippen molar-refractivity contribution < 1.29 is 4.79 Å². The Kier molecular flexibility index (Phi) is 3.72. The number of nitrogens with zero attached hydrogens (tertiary/aromatic N) is 2. The molecule has 0 saturated heterocycles. The highest BCUT2D eigenvalue weighted by Crippen LogP contribution is 2.12. The molecule has 0 fully saturated rings. The molecule has 86 valence electrons. The van der Waals surface area contributed by atoms with E-state index in [0.29, 0.717) is 11.4 Å². The minimum atomic E-state index is -0.184. The first-order valence-corrected chi connectivity index (χ1v) is 6.26. The predicted molar refractivity (Wildman–Crippen MR) is 68.2 cm³/mol. The molecule has 2 aromatic rings. The number of aromatic nitrogens is 2. The van der Waals surface area contributed by atoms with Crippen LogP contribution in [0.4, 0.5) is 5.82 Å². The van der Waals surface area contributed by atoms with Gasteiger partial charge in [-0.3, -0.25) is 4.79 Å². The Bertz CT molecular complexity index is 499. The molecule has 0 atom stereocenters. The molecule has 17 heavy (non-hydrogen) atoms. The maximum absolute atomic E-state index is 11.8. The molecule has 1 aromatic heterocycles. The van der Waals surface area contributed by atoms with Crippen LogP contribution in [-0.4, -0.2) is 22.4 Å². The average Bonchev–Trinajstić information content (AvgIpc) is 2.40. The number of thioether (sulfide) groups is 1. The highest BCUT2D eigenvalue weighted by Gasteiger charge is 2.05. The number of hydrogen-bond donors (Lipinski definition) is 1. The zero-order valence-corrected chi connectivity index (χ0v) is 10.1. The predicted octanol–water partition coefficient (Wildman–Crippen LogP) is 2.45. The first-order chi connectivity index (χ1) is 8.29. The molecule has 0 spiro atoms. The molecule has 0 bridgehead atoms. The molecule has 4 nitrogen and oxygen atoms in total. The van der Waals surface area contributed by atoms with Gasteiger partial charge in [-0.25, -0.2) is 0 Å². The Morgan fingerprint density at radius 2 is 1.88 bits per heavy atom. The van der Waals surface area contributed by atoms with Gasteiger partial charge in [0.25, 0.3) is 5.91 Å². The molecule has 1 amide bonds. The number of carbonyl (C=O) groups excluding carboxylic acids is 1. The first-order valence-electron chi connectivity index (χ1n) is 5.04. The van der Waals surface area contributed by atoms with Gasteiger partial charge in [-0.1, -0.05) is 18.2 Å². The fourth-order valence-corrected chi connectivity index (χ4v) is 1.60. The van der Waals surface area contributed by atoms with Crippen molar-refractivity contribution >= 4 is 23.5 Å². The van der Waals surface area contributed by atoms with Gasteiger partial charge in [-0.15, -0.1) is 22.0 Å². The highest BCUT2D eigenvalue weighted by molar-refractivity contribution is 7.98. The quantitative estimate of drug-likeness (QED) is 0.844. The van der Waals surface area contributed by atoms with Crippen molar-refractivity contribution in [3.05, 3.63) is 48.0 Å². The lowest BCUT2D eigenvalue weighted by atomic mass is 10.2. The van der Waals surface area contributed by atoms with Crippen molar-refractivity contribution in [2.24, 2.45) is 0 Å². The molecule has 0 radical (unpaired) electrons. The zero-order valence-electron chi connectivity index (χ0n) is 9.25. The number of anilines is 1. The van der Waals surface area contributed by atoms with E-state index in [4.69, 9.17) is 0 Å². The number of rotatable bonds is 3. The molecular formula is C12H11N3OS. The second-order valence-corrected chi connectivity index (χ2v) is 4.11. The maximum Gasteiger partial charge on any atom is 0.256 e. The van der Waals surface area contributed by atoms with Crippen LogP contribution < -0.4 is 5.32 Å². The van der Waals surface area contributed by atoms with E-state index < -0.39 is 0 Å². The summed E-state index contributed by atoms with van der Waals surface area (Å²) >= 11 is 1.51. The topological polar surface area (TPSA) is 54.9 Å². The normalized spacial score (nSPS) is 9.94. The van der Waals surface area contributed by atoms with Crippen molar-refractivity contribution in [2.75, 3.05) is 11.6 Å². The van der Waals surface area contributed by atoms with Crippen LogP contribution in [0.2, 0.25) is 0 Å². The minimum absolute atomic E-state index is 0.184. The Labute approximate surface area is 103 Å².